The van der Waals surface area contributed by atoms with Crippen molar-refractivity contribution < 1.29 is 24.1 Å². The van der Waals surface area contributed by atoms with Crippen LogP contribution in [0.1, 0.15) is 36.5 Å². The summed E-state index contributed by atoms with van der Waals surface area (Å²) in [5.74, 6) is 0.153. The Morgan fingerprint density at radius 1 is 1.00 bits per heavy atom. The molecule has 1 aliphatic carbocycles. The summed E-state index contributed by atoms with van der Waals surface area (Å²) < 4.78 is 11.8. The molecule has 3 atom stereocenters. The molecule has 0 radical (unpaired) electrons. The second kappa shape index (κ2) is 9.63. The van der Waals surface area contributed by atoms with E-state index in [1.165, 1.54) is 0 Å². The average Bonchev–Trinajstić information content (AvgIpc) is 2.75. The van der Waals surface area contributed by atoms with Crippen molar-refractivity contribution in [3.8, 4) is 5.75 Å². The second-order valence-corrected chi connectivity index (χ2v) is 8.16. The SMILES string of the molecule is C[C@H]1CC[C@@H](OC(=O)c2cc([N+](=O)[O-])cc([N+](=O)[O-])c2)[C@H](Oc2cccc(N(C)C)c2)C1. The van der Waals surface area contributed by atoms with Crippen LogP contribution < -0.4 is 9.64 Å². The van der Waals surface area contributed by atoms with Gasteiger partial charge in [-0.1, -0.05) is 13.0 Å². The van der Waals surface area contributed by atoms with Crippen LogP contribution in [0, 0.1) is 26.1 Å². The van der Waals surface area contributed by atoms with Gasteiger partial charge in [-0.3, -0.25) is 20.2 Å². The zero-order valence-corrected chi connectivity index (χ0v) is 18.1. The highest BCUT2D eigenvalue weighted by Crippen LogP contribution is 2.32. The first kappa shape index (κ1) is 23.0. The monoisotopic (exact) mass is 443 g/mol. The highest BCUT2D eigenvalue weighted by Gasteiger charge is 2.34. The van der Waals surface area contributed by atoms with Crippen LogP contribution in [0.15, 0.2) is 42.5 Å². The van der Waals surface area contributed by atoms with Crippen molar-refractivity contribution in [1.82, 2.24) is 0 Å². The number of carbonyl (C=O) groups is 1. The van der Waals surface area contributed by atoms with Gasteiger partial charge in [-0.15, -0.1) is 0 Å². The summed E-state index contributed by atoms with van der Waals surface area (Å²) in [5.41, 5.74) is -0.366. The van der Waals surface area contributed by atoms with E-state index in [1.807, 2.05) is 43.3 Å². The predicted octanol–water partition coefficient (Wildman–Crippen LogP) is 4.36. The maximum Gasteiger partial charge on any atom is 0.339 e. The number of hydrogen-bond donors (Lipinski definition) is 0. The number of hydrogen-bond acceptors (Lipinski definition) is 8. The fourth-order valence-electron chi connectivity index (χ4n) is 3.70. The van der Waals surface area contributed by atoms with Crippen molar-refractivity contribution >= 4 is 23.0 Å². The molecule has 0 N–H and O–H groups in total. The van der Waals surface area contributed by atoms with Crippen molar-refractivity contribution in [3.05, 3.63) is 68.3 Å². The molecule has 2 aromatic carbocycles. The quantitative estimate of drug-likeness (QED) is 0.351. The van der Waals surface area contributed by atoms with Crippen molar-refractivity contribution in [3.63, 3.8) is 0 Å². The Morgan fingerprint density at radius 3 is 2.25 bits per heavy atom. The largest absolute Gasteiger partial charge is 0.486 e. The number of benzene rings is 2. The van der Waals surface area contributed by atoms with Gasteiger partial charge in [0.1, 0.15) is 18.0 Å². The van der Waals surface area contributed by atoms with E-state index in [9.17, 15) is 25.0 Å². The van der Waals surface area contributed by atoms with E-state index in [-0.39, 0.29) is 5.56 Å². The van der Waals surface area contributed by atoms with E-state index in [4.69, 9.17) is 9.47 Å². The summed E-state index contributed by atoms with van der Waals surface area (Å²) in [6, 6.07) is 10.3. The number of nitro groups is 2. The molecule has 1 aliphatic rings. The van der Waals surface area contributed by atoms with E-state index >= 15 is 0 Å². The highest BCUT2D eigenvalue weighted by molar-refractivity contribution is 5.91. The number of nitrogens with zero attached hydrogens (tertiary/aromatic N) is 3. The third kappa shape index (κ3) is 5.51. The Labute approximate surface area is 185 Å². The van der Waals surface area contributed by atoms with Gasteiger partial charge in [0.2, 0.25) is 0 Å². The molecule has 3 rings (SSSR count). The number of nitro benzene ring substituents is 2. The number of rotatable bonds is 7. The molecule has 32 heavy (non-hydrogen) atoms. The van der Waals surface area contributed by atoms with Crippen molar-refractivity contribution in [1.29, 1.82) is 0 Å². The van der Waals surface area contributed by atoms with Crippen LogP contribution in [-0.2, 0) is 4.74 Å². The Bertz CT molecular complexity index is 992. The molecule has 2 aromatic rings. The fourth-order valence-corrected chi connectivity index (χ4v) is 3.70. The molecule has 0 saturated heterocycles. The van der Waals surface area contributed by atoms with Crippen LogP contribution in [0.5, 0.6) is 5.75 Å². The minimum absolute atomic E-state index is 0.238. The van der Waals surface area contributed by atoms with Crippen molar-refractivity contribution in [2.45, 2.75) is 38.4 Å². The molecule has 0 heterocycles. The lowest BCUT2D eigenvalue weighted by atomic mass is 9.86. The maximum absolute atomic E-state index is 12.8. The van der Waals surface area contributed by atoms with Crippen LogP contribution in [0.2, 0.25) is 0 Å². The van der Waals surface area contributed by atoms with Crippen LogP contribution in [0.25, 0.3) is 0 Å². The topological polar surface area (TPSA) is 125 Å². The number of anilines is 1. The van der Waals surface area contributed by atoms with E-state index in [1.54, 1.807) is 0 Å². The van der Waals surface area contributed by atoms with Gasteiger partial charge in [-0.25, -0.2) is 4.79 Å². The second-order valence-electron chi connectivity index (χ2n) is 8.16. The summed E-state index contributed by atoms with van der Waals surface area (Å²) >= 11 is 0. The third-order valence-electron chi connectivity index (χ3n) is 5.43. The molecule has 10 nitrogen and oxygen atoms in total. The molecule has 0 unspecified atom stereocenters. The van der Waals surface area contributed by atoms with Gasteiger partial charge in [-0.2, -0.15) is 0 Å². The zero-order valence-electron chi connectivity index (χ0n) is 18.1. The van der Waals surface area contributed by atoms with Crippen molar-refractivity contribution in [2.75, 3.05) is 19.0 Å². The number of esters is 1. The lowest BCUT2D eigenvalue weighted by Gasteiger charge is -2.34. The Hall–Kier alpha value is -3.69. The first-order valence-electron chi connectivity index (χ1n) is 10.2. The molecule has 0 aliphatic heterocycles. The first-order chi connectivity index (χ1) is 15.1. The van der Waals surface area contributed by atoms with E-state index in [0.29, 0.717) is 24.5 Å². The zero-order chi connectivity index (χ0) is 23.4. The highest BCUT2D eigenvalue weighted by atomic mass is 16.6. The lowest BCUT2D eigenvalue weighted by Crippen LogP contribution is -2.40. The minimum atomic E-state index is -0.855. The summed E-state index contributed by atoms with van der Waals surface area (Å²) in [6.07, 6.45) is 1.06. The van der Waals surface area contributed by atoms with Crippen LogP contribution >= 0.6 is 0 Å². The van der Waals surface area contributed by atoms with Crippen LogP contribution in [-0.4, -0.2) is 42.1 Å². The summed E-state index contributed by atoms with van der Waals surface area (Å²) in [6.45, 7) is 2.09. The fraction of sp³-hybridized carbons (Fsp3) is 0.409. The van der Waals surface area contributed by atoms with Gasteiger partial charge in [-0.05, 0) is 37.3 Å². The van der Waals surface area contributed by atoms with E-state index in [2.05, 4.69) is 6.92 Å². The van der Waals surface area contributed by atoms with Crippen LogP contribution in [0.4, 0.5) is 17.1 Å². The third-order valence-corrected chi connectivity index (χ3v) is 5.43. The maximum atomic E-state index is 12.8. The van der Waals surface area contributed by atoms with Gasteiger partial charge in [0, 0.05) is 38.0 Å². The van der Waals surface area contributed by atoms with Gasteiger partial charge in [0.25, 0.3) is 11.4 Å². The molecular formula is C22H25N3O7. The molecule has 0 aromatic heterocycles. The van der Waals surface area contributed by atoms with Crippen molar-refractivity contribution in [2.24, 2.45) is 5.92 Å². The first-order valence-corrected chi connectivity index (χ1v) is 10.2. The normalized spacial score (nSPS) is 20.3. The Kier molecular flexibility index (Phi) is 6.92. The molecule has 0 bridgehead atoms. The smallest absolute Gasteiger partial charge is 0.339 e. The Balaban J connectivity index is 1.81. The van der Waals surface area contributed by atoms with Crippen LogP contribution in [0.3, 0.4) is 0 Å². The minimum Gasteiger partial charge on any atom is -0.486 e. The molecular weight excluding hydrogens is 418 g/mol. The standard InChI is InChI=1S/C22H25N3O7/c1-14-7-8-20(21(9-14)31-19-6-4-5-16(13-19)23(2)3)32-22(26)15-10-17(24(27)28)12-18(11-15)25(29)30/h4-6,10-14,20-21H,7-9H2,1-3H3/t14-,20+,21+/m0/s1. The molecule has 0 spiro atoms. The Morgan fingerprint density at radius 2 is 1.66 bits per heavy atom. The molecule has 0 amide bonds. The van der Waals surface area contributed by atoms with E-state index < -0.39 is 39.4 Å². The predicted molar refractivity (Wildman–Crippen MR) is 117 cm³/mol. The number of non-ortho nitro benzene ring substituents is 2. The summed E-state index contributed by atoms with van der Waals surface area (Å²) in [5, 5.41) is 22.2. The van der Waals surface area contributed by atoms with Gasteiger partial charge in [0.15, 0.2) is 0 Å². The number of ether oxygens (including phenoxy) is 2. The molecule has 170 valence electrons. The van der Waals surface area contributed by atoms with Gasteiger partial charge < -0.3 is 14.4 Å². The van der Waals surface area contributed by atoms with Gasteiger partial charge in [0.05, 0.1) is 21.5 Å². The molecule has 10 heteroatoms. The molecule has 1 fully saturated rings. The summed E-state index contributed by atoms with van der Waals surface area (Å²) in [7, 11) is 3.84. The molecule has 1 saturated carbocycles. The lowest BCUT2D eigenvalue weighted by molar-refractivity contribution is -0.394. The van der Waals surface area contributed by atoms with E-state index in [0.717, 1.165) is 30.3 Å². The average molecular weight is 443 g/mol. The number of carbonyl (C=O) groups excluding carboxylic acids is 1. The van der Waals surface area contributed by atoms with Gasteiger partial charge >= 0.3 is 5.97 Å². The summed E-state index contributed by atoms with van der Waals surface area (Å²) in [4.78, 5) is 35.4.